The van der Waals surface area contributed by atoms with Crippen molar-refractivity contribution in [3.05, 3.63) is 24.3 Å². The first-order chi connectivity index (χ1) is 9.86. The Morgan fingerprint density at radius 1 is 1.35 bits per heavy atom. The zero-order valence-corrected chi connectivity index (χ0v) is 12.0. The molecule has 4 heteroatoms. The van der Waals surface area contributed by atoms with Crippen LogP contribution in [0.4, 0.5) is 0 Å². The Morgan fingerprint density at radius 3 is 3.10 bits per heavy atom. The van der Waals surface area contributed by atoms with Gasteiger partial charge in [-0.3, -0.25) is 4.98 Å². The van der Waals surface area contributed by atoms with E-state index in [0.717, 1.165) is 24.0 Å². The lowest BCUT2D eigenvalue weighted by atomic mass is 9.85. The predicted octanol–water partition coefficient (Wildman–Crippen LogP) is 3.04. The molecule has 20 heavy (non-hydrogen) atoms. The summed E-state index contributed by atoms with van der Waals surface area (Å²) in [7, 11) is 0. The fourth-order valence-electron chi connectivity index (χ4n) is 4.12. The minimum atomic E-state index is 0.426. The fraction of sp³-hybridized carbons (Fsp3) is 0.625. The Bertz CT molecular complexity index is 604. The molecule has 4 nitrogen and oxygen atoms in total. The van der Waals surface area contributed by atoms with Gasteiger partial charge in [-0.2, -0.15) is 0 Å². The smallest absolute Gasteiger partial charge is 0.127 e. The summed E-state index contributed by atoms with van der Waals surface area (Å²) in [6, 6.07) is 3.23. The van der Waals surface area contributed by atoms with Crippen LogP contribution in [0.2, 0.25) is 0 Å². The third-order valence-corrected chi connectivity index (χ3v) is 5.07. The molecule has 1 aliphatic heterocycles. The fourth-order valence-corrected chi connectivity index (χ4v) is 4.12. The first-order valence-electron chi connectivity index (χ1n) is 7.93. The van der Waals surface area contributed by atoms with Gasteiger partial charge in [-0.05, 0) is 38.2 Å². The summed E-state index contributed by atoms with van der Waals surface area (Å²) in [6.45, 7) is 3.18. The lowest BCUT2D eigenvalue weighted by Crippen LogP contribution is -2.31. The van der Waals surface area contributed by atoms with Gasteiger partial charge in [0.15, 0.2) is 0 Å². The Morgan fingerprint density at radius 2 is 2.25 bits per heavy atom. The molecule has 3 unspecified atom stereocenters. The molecule has 0 spiro atoms. The van der Waals surface area contributed by atoms with Crippen molar-refractivity contribution in [2.45, 2.75) is 57.7 Å². The third-order valence-electron chi connectivity index (χ3n) is 5.07. The van der Waals surface area contributed by atoms with Crippen molar-refractivity contribution in [3.63, 3.8) is 0 Å². The van der Waals surface area contributed by atoms with Crippen LogP contribution < -0.4 is 5.32 Å². The second kappa shape index (κ2) is 4.85. The van der Waals surface area contributed by atoms with Crippen LogP contribution in [-0.4, -0.2) is 20.6 Å². The number of aryl methyl sites for hydroxylation is 1. The number of hydrogen-bond donors (Lipinski definition) is 1. The van der Waals surface area contributed by atoms with E-state index < -0.39 is 0 Å². The highest BCUT2D eigenvalue weighted by Crippen LogP contribution is 2.39. The Hall–Kier alpha value is -1.42. The molecule has 3 atom stereocenters. The Labute approximate surface area is 119 Å². The topological polar surface area (TPSA) is 42.7 Å². The lowest BCUT2D eigenvalue weighted by molar-refractivity contribution is 0.325. The van der Waals surface area contributed by atoms with Gasteiger partial charge >= 0.3 is 0 Å². The molecule has 1 N–H and O–H groups in total. The summed E-state index contributed by atoms with van der Waals surface area (Å²) in [5.41, 5.74) is 2.25. The van der Waals surface area contributed by atoms with E-state index in [1.165, 1.54) is 43.4 Å². The van der Waals surface area contributed by atoms with E-state index in [1.54, 1.807) is 0 Å². The molecule has 0 bridgehead atoms. The van der Waals surface area contributed by atoms with Crippen molar-refractivity contribution >= 4 is 11.0 Å². The predicted molar refractivity (Wildman–Crippen MR) is 79.4 cm³/mol. The highest BCUT2D eigenvalue weighted by molar-refractivity contribution is 5.74. The van der Waals surface area contributed by atoms with Crippen molar-refractivity contribution < 1.29 is 0 Å². The minimum Gasteiger partial charge on any atom is -0.327 e. The van der Waals surface area contributed by atoms with Gasteiger partial charge in [0.25, 0.3) is 0 Å². The molecule has 2 fully saturated rings. The van der Waals surface area contributed by atoms with Crippen LogP contribution in [0.15, 0.2) is 18.5 Å². The van der Waals surface area contributed by atoms with Crippen LogP contribution in [0, 0.1) is 5.92 Å². The minimum absolute atomic E-state index is 0.426. The molecule has 0 aromatic carbocycles. The summed E-state index contributed by atoms with van der Waals surface area (Å²) < 4.78 is 2.35. The van der Waals surface area contributed by atoms with E-state index >= 15 is 0 Å². The normalized spacial score (nSPS) is 29.8. The summed E-state index contributed by atoms with van der Waals surface area (Å²) in [4.78, 5) is 9.07. The van der Waals surface area contributed by atoms with Gasteiger partial charge in [0.05, 0.1) is 17.8 Å². The average molecular weight is 270 g/mol. The van der Waals surface area contributed by atoms with Gasteiger partial charge in [-0.15, -0.1) is 0 Å². The maximum Gasteiger partial charge on any atom is 0.127 e. The lowest BCUT2D eigenvalue weighted by Gasteiger charge is -2.24. The number of imidazole rings is 1. The maximum atomic E-state index is 4.86. The van der Waals surface area contributed by atoms with Gasteiger partial charge < -0.3 is 9.88 Å². The van der Waals surface area contributed by atoms with Crippen LogP contribution in [0.3, 0.4) is 0 Å². The van der Waals surface area contributed by atoms with Crippen molar-refractivity contribution in [1.82, 2.24) is 19.9 Å². The molecular formula is C16H22N4. The van der Waals surface area contributed by atoms with Crippen molar-refractivity contribution in [2.75, 3.05) is 0 Å². The highest BCUT2D eigenvalue weighted by atomic mass is 15.1. The summed E-state index contributed by atoms with van der Waals surface area (Å²) in [6.07, 6.45) is 10.5. The van der Waals surface area contributed by atoms with Crippen molar-refractivity contribution in [2.24, 2.45) is 5.92 Å². The molecule has 106 valence electrons. The van der Waals surface area contributed by atoms with Crippen LogP contribution in [-0.2, 0) is 6.54 Å². The number of nitrogens with one attached hydrogen (secondary N) is 1. The summed E-state index contributed by atoms with van der Waals surface area (Å²) in [5.74, 6) is 2.07. The number of rotatable bonds is 2. The zero-order chi connectivity index (χ0) is 13.5. The van der Waals surface area contributed by atoms with Crippen molar-refractivity contribution in [3.8, 4) is 0 Å². The monoisotopic (exact) mass is 270 g/mol. The molecule has 0 radical (unpaired) electrons. The Balaban J connectivity index is 1.71. The number of fused-ring (bicyclic) bond motifs is 2. The van der Waals surface area contributed by atoms with Crippen LogP contribution >= 0.6 is 0 Å². The second-order valence-electron chi connectivity index (χ2n) is 6.18. The summed E-state index contributed by atoms with van der Waals surface area (Å²) >= 11 is 0. The van der Waals surface area contributed by atoms with Gasteiger partial charge in [-0.1, -0.05) is 12.8 Å². The molecular weight excluding hydrogens is 248 g/mol. The molecule has 1 saturated heterocycles. The van der Waals surface area contributed by atoms with E-state index in [9.17, 15) is 0 Å². The third kappa shape index (κ3) is 1.85. The molecule has 1 saturated carbocycles. The number of hydrogen-bond acceptors (Lipinski definition) is 3. The van der Waals surface area contributed by atoms with Gasteiger partial charge in [0.2, 0.25) is 0 Å². The van der Waals surface area contributed by atoms with E-state index in [4.69, 9.17) is 4.98 Å². The first kappa shape index (κ1) is 12.3. The van der Waals surface area contributed by atoms with E-state index in [0.29, 0.717) is 6.04 Å². The number of pyridine rings is 1. The molecule has 2 aliphatic rings. The quantitative estimate of drug-likeness (QED) is 0.912. The number of aromatic nitrogens is 3. The molecule has 3 heterocycles. The molecule has 1 aliphatic carbocycles. The highest BCUT2D eigenvalue weighted by Gasteiger charge is 2.37. The van der Waals surface area contributed by atoms with E-state index in [-0.39, 0.29) is 0 Å². The van der Waals surface area contributed by atoms with Crippen molar-refractivity contribution in [1.29, 1.82) is 0 Å². The van der Waals surface area contributed by atoms with E-state index in [2.05, 4.69) is 27.9 Å². The van der Waals surface area contributed by atoms with E-state index in [1.807, 2.05) is 12.4 Å². The first-order valence-corrected chi connectivity index (χ1v) is 7.93. The molecule has 0 amide bonds. The second-order valence-corrected chi connectivity index (χ2v) is 6.18. The largest absolute Gasteiger partial charge is 0.327 e. The van der Waals surface area contributed by atoms with Gasteiger partial charge in [0.1, 0.15) is 11.3 Å². The maximum absolute atomic E-state index is 4.86. The number of nitrogens with zero attached hydrogens (tertiary/aromatic N) is 3. The molecule has 2 aromatic heterocycles. The standard InChI is InChI=1S/C16H22N4/c1-2-20-15-7-8-17-10-14(15)19-16(20)13-9-11-5-3-4-6-12(11)18-13/h7-8,10-13,18H,2-6,9H2,1H3. The average Bonchev–Trinajstić information content (AvgIpc) is 3.07. The van der Waals surface area contributed by atoms with Gasteiger partial charge in [-0.25, -0.2) is 4.98 Å². The molecule has 2 aromatic rings. The SMILES string of the molecule is CCn1c(C2CC3CCCCC3N2)nc2cnccc21. The van der Waals surface area contributed by atoms with Crippen LogP contribution in [0.25, 0.3) is 11.0 Å². The van der Waals surface area contributed by atoms with Crippen LogP contribution in [0.5, 0.6) is 0 Å². The Kier molecular flexibility index (Phi) is 2.99. The summed E-state index contributed by atoms with van der Waals surface area (Å²) in [5, 5.41) is 3.84. The molecule has 4 rings (SSSR count). The zero-order valence-electron chi connectivity index (χ0n) is 12.0. The van der Waals surface area contributed by atoms with Crippen LogP contribution in [0.1, 0.15) is 50.9 Å². The van der Waals surface area contributed by atoms with Gasteiger partial charge in [0, 0.05) is 18.8 Å².